The fraction of sp³-hybridized carbons (Fsp3) is 0.600. The predicted molar refractivity (Wildman–Crippen MR) is 85.4 cm³/mol. The van der Waals surface area contributed by atoms with Crippen LogP contribution in [0, 0.1) is 11.3 Å². The first-order valence-electron chi connectivity index (χ1n) is 7.61. The van der Waals surface area contributed by atoms with Gasteiger partial charge >= 0.3 is 0 Å². The monoisotopic (exact) mass is 338 g/mol. The number of aromatic nitrogens is 1. The van der Waals surface area contributed by atoms with E-state index in [0.29, 0.717) is 18.8 Å². The van der Waals surface area contributed by atoms with Gasteiger partial charge in [-0.15, -0.1) is 0 Å². The van der Waals surface area contributed by atoms with Crippen LogP contribution in [0.15, 0.2) is 24.4 Å². The number of morpholine rings is 1. The highest BCUT2D eigenvalue weighted by atomic mass is 32.2. The second-order valence-corrected chi connectivity index (χ2v) is 7.57. The molecule has 0 aliphatic carbocycles. The lowest BCUT2D eigenvalue weighted by Crippen LogP contribution is -2.53. The van der Waals surface area contributed by atoms with Gasteiger partial charge in [0, 0.05) is 32.3 Å². The first-order chi connectivity index (χ1) is 10.9. The summed E-state index contributed by atoms with van der Waals surface area (Å²) in [6.07, 6.45) is 1.47. The summed E-state index contributed by atoms with van der Waals surface area (Å²) in [4.78, 5) is 4.18. The lowest BCUT2D eigenvalue weighted by molar-refractivity contribution is -0.0455. The van der Waals surface area contributed by atoms with Crippen LogP contribution in [0.2, 0.25) is 0 Å². The lowest BCUT2D eigenvalue weighted by atomic mass is 10.3. The third kappa shape index (κ3) is 4.72. The van der Waals surface area contributed by atoms with Gasteiger partial charge in [0.05, 0.1) is 30.5 Å². The Morgan fingerprint density at radius 3 is 2.65 bits per heavy atom. The van der Waals surface area contributed by atoms with Crippen molar-refractivity contribution in [1.82, 2.24) is 13.6 Å². The summed E-state index contributed by atoms with van der Waals surface area (Å²) in [6, 6.07) is 7.38. The second kappa shape index (κ2) is 7.84. The van der Waals surface area contributed by atoms with Gasteiger partial charge in [-0.25, -0.2) is 0 Å². The summed E-state index contributed by atoms with van der Waals surface area (Å²) >= 11 is 0. The minimum Gasteiger partial charge on any atom is -0.373 e. The van der Waals surface area contributed by atoms with Crippen LogP contribution in [-0.4, -0.2) is 53.9 Å². The highest BCUT2D eigenvalue weighted by Crippen LogP contribution is 2.19. The normalized spacial score (nSPS) is 22.9. The maximum atomic E-state index is 12.9. The van der Waals surface area contributed by atoms with Gasteiger partial charge in [0.2, 0.25) is 0 Å². The molecular formula is C15H22N4O3S. The van der Waals surface area contributed by atoms with E-state index in [1.807, 2.05) is 26.0 Å². The molecule has 2 atom stereocenters. The first kappa shape index (κ1) is 17.8. The summed E-state index contributed by atoms with van der Waals surface area (Å²) in [6.45, 7) is 4.66. The van der Waals surface area contributed by atoms with Crippen LogP contribution in [0.3, 0.4) is 0 Å². The second-order valence-electron chi connectivity index (χ2n) is 5.64. The van der Waals surface area contributed by atoms with E-state index in [9.17, 15) is 8.42 Å². The molecule has 1 aliphatic rings. The van der Waals surface area contributed by atoms with Crippen molar-refractivity contribution >= 4 is 10.2 Å². The molecular weight excluding hydrogens is 316 g/mol. The van der Waals surface area contributed by atoms with Gasteiger partial charge in [-0.2, -0.15) is 22.3 Å². The Balaban J connectivity index is 2.20. The molecule has 2 rings (SSSR count). The Morgan fingerprint density at radius 2 is 2.09 bits per heavy atom. The molecule has 0 radical (unpaired) electrons. The van der Waals surface area contributed by atoms with E-state index in [2.05, 4.69) is 4.98 Å². The average Bonchev–Trinajstić information content (AvgIpc) is 2.51. The number of hydrogen-bond donors (Lipinski definition) is 0. The minimum absolute atomic E-state index is 0.140. The summed E-state index contributed by atoms with van der Waals surface area (Å²) in [7, 11) is -3.66. The number of rotatable bonds is 6. The molecule has 0 saturated carbocycles. The molecule has 8 heteroatoms. The maximum absolute atomic E-state index is 12.9. The zero-order valence-corrected chi connectivity index (χ0v) is 14.2. The van der Waals surface area contributed by atoms with Gasteiger partial charge < -0.3 is 4.74 Å². The van der Waals surface area contributed by atoms with E-state index in [1.165, 1.54) is 8.61 Å². The Morgan fingerprint density at radius 1 is 1.39 bits per heavy atom. The van der Waals surface area contributed by atoms with Gasteiger partial charge in [-0.3, -0.25) is 4.98 Å². The third-order valence-corrected chi connectivity index (χ3v) is 5.49. The molecule has 1 aliphatic heterocycles. The zero-order chi connectivity index (χ0) is 16.9. The molecule has 1 aromatic heterocycles. The standard InChI is InChI=1S/C15H22N4O3S/c1-13-10-19(11-14(2)22-13)23(20,21)18(9-5-7-16)12-15-6-3-4-8-17-15/h3-4,6,8,13-14H,5,9-12H2,1-2H3. The predicted octanol–water partition coefficient (Wildman–Crippen LogP) is 1.15. The molecule has 2 heterocycles. The molecule has 0 aromatic carbocycles. The van der Waals surface area contributed by atoms with Gasteiger partial charge in [0.25, 0.3) is 10.2 Å². The number of pyridine rings is 1. The van der Waals surface area contributed by atoms with Crippen molar-refractivity contribution in [3.05, 3.63) is 30.1 Å². The van der Waals surface area contributed by atoms with E-state index in [4.69, 9.17) is 10.00 Å². The average molecular weight is 338 g/mol. The highest BCUT2D eigenvalue weighted by Gasteiger charge is 2.35. The van der Waals surface area contributed by atoms with Crippen LogP contribution in [0.4, 0.5) is 0 Å². The van der Waals surface area contributed by atoms with Crippen molar-refractivity contribution in [3.63, 3.8) is 0 Å². The molecule has 1 saturated heterocycles. The van der Waals surface area contributed by atoms with Crippen LogP contribution in [0.1, 0.15) is 26.0 Å². The Labute approximate surface area is 137 Å². The molecule has 1 fully saturated rings. The third-order valence-electron chi connectivity index (χ3n) is 3.58. The van der Waals surface area contributed by atoms with Crippen LogP contribution < -0.4 is 0 Å². The minimum atomic E-state index is -3.66. The maximum Gasteiger partial charge on any atom is 0.282 e. The van der Waals surface area contributed by atoms with Crippen molar-refractivity contribution in [3.8, 4) is 6.07 Å². The molecule has 0 amide bonds. The molecule has 0 N–H and O–H groups in total. The first-order valence-corrected chi connectivity index (χ1v) is 9.00. The molecule has 0 spiro atoms. The number of ether oxygens (including phenoxy) is 1. The van der Waals surface area contributed by atoms with Crippen LogP contribution in [0.5, 0.6) is 0 Å². The summed E-state index contributed by atoms with van der Waals surface area (Å²) in [5.74, 6) is 0. The fourth-order valence-corrected chi connectivity index (χ4v) is 4.35. The van der Waals surface area contributed by atoms with E-state index in [0.717, 1.165) is 0 Å². The highest BCUT2D eigenvalue weighted by molar-refractivity contribution is 7.86. The van der Waals surface area contributed by atoms with Crippen molar-refractivity contribution < 1.29 is 13.2 Å². The van der Waals surface area contributed by atoms with Crippen molar-refractivity contribution in [2.24, 2.45) is 0 Å². The van der Waals surface area contributed by atoms with E-state index >= 15 is 0 Å². The van der Waals surface area contributed by atoms with Gasteiger partial charge in [0.1, 0.15) is 0 Å². The topological polar surface area (TPSA) is 86.5 Å². The smallest absolute Gasteiger partial charge is 0.282 e. The molecule has 2 unspecified atom stereocenters. The van der Waals surface area contributed by atoms with Gasteiger partial charge in [-0.05, 0) is 26.0 Å². The Kier molecular flexibility index (Phi) is 6.07. The summed E-state index contributed by atoms with van der Waals surface area (Å²) < 4.78 is 34.3. The summed E-state index contributed by atoms with van der Waals surface area (Å²) in [5.41, 5.74) is 0.656. The van der Waals surface area contributed by atoms with Crippen LogP contribution >= 0.6 is 0 Å². The van der Waals surface area contributed by atoms with Crippen LogP contribution in [-0.2, 0) is 21.5 Å². The zero-order valence-electron chi connectivity index (χ0n) is 13.4. The van der Waals surface area contributed by atoms with Crippen molar-refractivity contribution in [2.45, 2.75) is 39.0 Å². The fourth-order valence-electron chi connectivity index (χ4n) is 2.61. The van der Waals surface area contributed by atoms with E-state index < -0.39 is 10.2 Å². The quantitative estimate of drug-likeness (QED) is 0.776. The van der Waals surface area contributed by atoms with Crippen molar-refractivity contribution in [1.29, 1.82) is 5.26 Å². The lowest BCUT2D eigenvalue weighted by Gasteiger charge is -2.37. The SMILES string of the molecule is CC1CN(S(=O)(=O)N(CCC#N)Cc2ccccn2)CC(C)O1. The summed E-state index contributed by atoms with van der Waals surface area (Å²) in [5, 5.41) is 8.82. The van der Waals surface area contributed by atoms with E-state index in [1.54, 1.807) is 18.3 Å². The molecule has 7 nitrogen and oxygen atoms in total. The number of hydrogen-bond acceptors (Lipinski definition) is 5. The van der Waals surface area contributed by atoms with Gasteiger partial charge in [-0.1, -0.05) is 6.07 Å². The molecule has 0 bridgehead atoms. The van der Waals surface area contributed by atoms with E-state index in [-0.39, 0.29) is 31.7 Å². The largest absolute Gasteiger partial charge is 0.373 e. The number of nitrogens with zero attached hydrogens (tertiary/aromatic N) is 4. The molecule has 23 heavy (non-hydrogen) atoms. The Hall–Kier alpha value is -1.53. The Bertz CT molecular complexity index is 634. The van der Waals surface area contributed by atoms with Gasteiger partial charge in [0.15, 0.2) is 0 Å². The van der Waals surface area contributed by atoms with Crippen LogP contribution in [0.25, 0.3) is 0 Å². The number of nitriles is 1. The molecule has 1 aromatic rings. The molecule has 126 valence electrons. The van der Waals surface area contributed by atoms with Crippen molar-refractivity contribution in [2.75, 3.05) is 19.6 Å².